The highest BCUT2D eigenvalue weighted by atomic mass is 32.2. The predicted molar refractivity (Wildman–Crippen MR) is 274 cm³/mol. The molecule has 69 heavy (non-hydrogen) atoms. The number of ether oxygens (including phenoxy) is 3. The van der Waals surface area contributed by atoms with Gasteiger partial charge in [-0.25, -0.2) is 14.0 Å². The molecule has 4 N–H and O–H groups in total. The SMILES string of the molecule is CC.CNCC1CCCCC1.COc1ccc2c(OC)cc(-c3ccccc3)nc2c1.Cc1cccc(OC/C=C\C(C)C(NC(=O)C2CCCN2C(=O)NC=O)C(=O)NS(=O)c2ccccc2)c1. The molecule has 4 atom stereocenters. The highest BCUT2D eigenvalue weighted by Crippen LogP contribution is 2.32. The second kappa shape index (κ2) is 30.0. The van der Waals surface area contributed by atoms with Crippen LogP contribution >= 0.6 is 0 Å². The molecule has 0 bridgehead atoms. The van der Waals surface area contributed by atoms with Crippen molar-refractivity contribution in [2.75, 3.05) is 41.0 Å². The van der Waals surface area contributed by atoms with Gasteiger partial charge in [0, 0.05) is 35.5 Å². The Morgan fingerprint density at radius 2 is 1.55 bits per heavy atom. The number of nitrogens with zero attached hydrogens (tertiary/aromatic N) is 2. The van der Waals surface area contributed by atoms with Gasteiger partial charge in [-0.05, 0) is 94.1 Å². The van der Waals surface area contributed by atoms with Crippen LogP contribution in [0.1, 0.15) is 71.3 Å². The Labute approximate surface area is 410 Å². The maximum Gasteiger partial charge on any atom is 0.324 e. The molecule has 1 aliphatic heterocycles. The van der Waals surface area contributed by atoms with Gasteiger partial charge in [0.25, 0.3) is 5.91 Å². The monoisotopic (exact) mass is 962 g/mol. The summed E-state index contributed by atoms with van der Waals surface area (Å²) in [5, 5.41) is 8.99. The number of urea groups is 1. The zero-order valence-corrected chi connectivity index (χ0v) is 41.9. The Morgan fingerprint density at radius 1 is 0.841 bits per heavy atom. The summed E-state index contributed by atoms with van der Waals surface area (Å²) in [4.78, 5) is 55.6. The van der Waals surface area contributed by atoms with Gasteiger partial charge in [-0.15, -0.1) is 0 Å². The molecule has 15 heteroatoms. The van der Waals surface area contributed by atoms with Crippen LogP contribution in [0.25, 0.3) is 22.2 Å². The van der Waals surface area contributed by atoms with Crippen LogP contribution in [0.2, 0.25) is 0 Å². The molecule has 5 amide bonds. The van der Waals surface area contributed by atoms with Crippen LogP contribution in [-0.4, -0.2) is 91.4 Å². The molecule has 1 saturated carbocycles. The van der Waals surface area contributed by atoms with E-state index in [1.165, 1.54) is 43.5 Å². The molecule has 370 valence electrons. The van der Waals surface area contributed by atoms with Crippen LogP contribution in [0.4, 0.5) is 4.79 Å². The molecular weight excluding hydrogens is 893 g/mol. The van der Waals surface area contributed by atoms with E-state index < -0.39 is 46.8 Å². The van der Waals surface area contributed by atoms with Crippen LogP contribution in [0.3, 0.4) is 0 Å². The Morgan fingerprint density at radius 3 is 2.20 bits per heavy atom. The van der Waals surface area contributed by atoms with Crippen molar-refractivity contribution in [1.82, 2.24) is 30.6 Å². The first-order valence-electron chi connectivity index (χ1n) is 23.7. The molecule has 1 aliphatic carbocycles. The third-order valence-electron chi connectivity index (χ3n) is 11.5. The van der Waals surface area contributed by atoms with Crippen molar-refractivity contribution in [3.63, 3.8) is 0 Å². The summed E-state index contributed by atoms with van der Waals surface area (Å²) in [6.45, 7) is 9.49. The highest BCUT2D eigenvalue weighted by molar-refractivity contribution is 7.83. The average Bonchev–Trinajstić information content (AvgIpc) is 3.89. The van der Waals surface area contributed by atoms with Crippen molar-refractivity contribution < 1.29 is 37.6 Å². The Bertz CT molecular complexity index is 2410. The predicted octanol–water partition coefficient (Wildman–Crippen LogP) is 8.95. The van der Waals surface area contributed by atoms with Crippen LogP contribution in [0.15, 0.2) is 126 Å². The number of hydrogen-bond donors (Lipinski definition) is 4. The third-order valence-corrected chi connectivity index (χ3v) is 12.6. The maximum atomic E-state index is 13.2. The molecular formula is C54H70N6O8S. The molecule has 4 unspecified atom stereocenters. The number of carbonyl (C=O) groups is 4. The van der Waals surface area contributed by atoms with Crippen LogP contribution in [0, 0.1) is 18.8 Å². The number of rotatable bonds is 16. The molecule has 0 spiro atoms. The quantitative estimate of drug-likeness (QED) is 0.0552. The third kappa shape index (κ3) is 17.5. The minimum atomic E-state index is -1.83. The van der Waals surface area contributed by atoms with E-state index in [0.717, 1.165) is 45.1 Å². The second-order valence-corrected chi connectivity index (χ2v) is 17.6. The smallest absolute Gasteiger partial charge is 0.324 e. The summed E-state index contributed by atoms with van der Waals surface area (Å²) in [6, 6.07) is 31.2. The number of amides is 5. The zero-order valence-electron chi connectivity index (χ0n) is 41.1. The van der Waals surface area contributed by atoms with Gasteiger partial charge in [-0.3, -0.25) is 24.4 Å². The van der Waals surface area contributed by atoms with E-state index in [4.69, 9.17) is 19.2 Å². The average molecular weight is 963 g/mol. The maximum absolute atomic E-state index is 13.2. The second-order valence-electron chi connectivity index (χ2n) is 16.4. The van der Waals surface area contributed by atoms with Crippen molar-refractivity contribution in [3.05, 3.63) is 127 Å². The number of nitrogens with one attached hydrogen (secondary N) is 4. The van der Waals surface area contributed by atoms with Gasteiger partial charge in [-0.1, -0.05) is 113 Å². The molecule has 2 fully saturated rings. The van der Waals surface area contributed by atoms with Crippen LogP contribution in [0.5, 0.6) is 17.2 Å². The van der Waals surface area contributed by atoms with Gasteiger partial charge in [0.05, 0.1) is 30.3 Å². The van der Waals surface area contributed by atoms with Gasteiger partial charge in [0.1, 0.15) is 35.9 Å². The molecule has 1 aromatic heterocycles. The van der Waals surface area contributed by atoms with Crippen molar-refractivity contribution in [3.8, 4) is 28.5 Å². The fourth-order valence-corrected chi connectivity index (χ4v) is 8.83. The van der Waals surface area contributed by atoms with E-state index in [2.05, 4.69) is 22.4 Å². The summed E-state index contributed by atoms with van der Waals surface area (Å²) < 4.78 is 31.6. The van der Waals surface area contributed by atoms with E-state index in [0.29, 0.717) is 30.0 Å². The summed E-state index contributed by atoms with van der Waals surface area (Å²) >= 11 is 0. The number of carbonyl (C=O) groups excluding carboxylic acids is 4. The first-order valence-corrected chi connectivity index (χ1v) is 24.9. The minimum absolute atomic E-state index is 0.244. The summed E-state index contributed by atoms with van der Waals surface area (Å²) in [7, 11) is 3.54. The van der Waals surface area contributed by atoms with E-state index in [1.807, 2.05) is 105 Å². The van der Waals surface area contributed by atoms with Gasteiger partial charge < -0.3 is 29.7 Å². The number of aromatic nitrogens is 1. The number of pyridine rings is 1. The first kappa shape index (κ1) is 55.0. The molecule has 14 nitrogen and oxygen atoms in total. The number of fused-ring (bicyclic) bond motifs is 1. The van der Waals surface area contributed by atoms with E-state index in [1.54, 1.807) is 63.6 Å². The lowest BCUT2D eigenvalue weighted by Gasteiger charge is -2.27. The standard InChI is InChI=1S/C27H32N4O6S.C17H15NO2.C8H17N.C2H6/c1-19-9-6-11-21(17-19)37-16-8-10-20(2)24(26(34)30-38(36)22-12-4-3-5-13-22)29-25(33)23-14-7-15-31(23)27(35)28-18-32;1-19-13-8-9-14-16(10-13)18-15(11-17(14)20-2)12-6-4-3-5-7-12;1-9-7-8-5-3-2-4-6-8;1-2/h3-6,8-13,17-18,20,23-24H,7,14-16H2,1-2H3,(H,29,33)(H,30,34)(H,28,32,35);3-11H,1-2H3;8-9H,2-7H2,1H3;1-2H3/b10-8-;;;. The van der Waals surface area contributed by atoms with Crippen molar-refractivity contribution in [2.24, 2.45) is 11.8 Å². The molecule has 1 saturated heterocycles. The Balaban J connectivity index is 0.000000274. The molecule has 7 rings (SSSR count). The van der Waals surface area contributed by atoms with E-state index >= 15 is 0 Å². The Hall–Kier alpha value is -6.58. The molecule has 2 aliphatic rings. The fourth-order valence-electron chi connectivity index (χ4n) is 8.00. The van der Waals surface area contributed by atoms with E-state index in [9.17, 15) is 23.4 Å². The largest absolute Gasteiger partial charge is 0.497 e. The minimum Gasteiger partial charge on any atom is -0.497 e. The van der Waals surface area contributed by atoms with Gasteiger partial charge >= 0.3 is 6.03 Å². The zero-order chi connectivity index (χ0) is 50.0. The topological polar surface area (TPSA) is 177 Å². The fraction of sp³-hybridized carbons (Fsp3) is 0.389. The van der Waals surface area contributed by atoms with Crippen molar-refractivity contribution >= 4 is 46.1 Å². The summed E-state index contributed by atoms with van der Waals surface area (Å²) in [6.07, 6.45) is 12.0. The summed E-state index contributed by atoms with van der Waals surface area (Å²) in [5.41, 5.74) is 3.88. The van der Waals surface area contributed by atoms with E-state index in [-0.39, 0.29) is 13.0 Å². The molecule has 2 heterocycles. The highest BCUT2D eigenvalue weighted by Gasteiger charge is 2.37. The van der Waals surface area contributed by atoms with Crippen molar-refractivity contribution in [2.45, 2.75) is 89.6 Å². The Kier molecular flexibility index (Phi) is 23.9. The summed E-state index contributed by atoms with van der Waals surface area (Å²) in [5.74, 6) is 1.62. The van der Waals surface area contributed by atoms with Gasteiger partial charge in [0.15, 0.2) is 11.0 Å². The van der Waals surface area contributed by atoms with Gasteiger partial charge in [-0.2, -0.15) is 0 Å². The lowest BCUT2D eigenvalue weighted by Crippen LogP contribution is -2.56. The van der Waals surface area contributed by atoms with Crippen LogP contribution in [-0.2, 0) is 25.4 Å². The number of methoxy groups -OCH3 is 2. The van der Waals surface area contributed by atoms with Crippen molar-refractivity contribution in [1.29, 1.82) is 0 Å². The number of benzene rings is 4. The van der Waals surface area contributed by atoms with Gasteiger partial charge in [0.2, 0.25) is 12.3 Å². The molecule has 4 aromatic carbocycles. The normalized spacial score (nSPS) is 15.6. The lowest BCUT2D eigenvalue weighted by molar-refractivity contribution is -0.130. The number of aryl methyl sites for hydroxylation is 1. The number of likely N-dealkylation sites (tertiary alicyclic amines) is 1. The number of hydrogen-bond acceptors (Lipinski definition) is 10. The lowest BCUT2D eigenvalue weighted by atomic mass is 9.89. The first-order chi connectivity index (χ1) is 33.5. The molecule has 0 radical (unpaired) electrons. The molecule has 5 aromatic rings. The number of imide groups is 1. The van der Waals surface area contributed by atoms with Crippen LogP contribution < -0.4 is 34.9 Å².